The van der Waals surface area contributed by atoms with Crippen LogP contribution in [0, 0.1) is 17.5 Å². The molecular formula is C14H7ClF3N5. The Balaban J connectivity index is 1.77. The van der Waals surface area contributed by atoms with Crippen LogP contribution in [0.5, 0.6) is 0 Å². The molecule has 4 rings (SSSR count). The highest BCUT2D eigenvalue weighted by atomic mass is 35.5. The van der Waals surface area contributed by atoms with E-state index in [0.717, 1.165) is 17.6 Å². The maximum atomic E-state index is 13.7. The molecule has 9 heteroatoms. The van der Waals surface area contributed by atoms with Crippen molar-refractivity contribution in [1.29, 1.82) is 0 Å². The first-order valence-electron chi connectivity index (χ1n) is 6.47. The minimum absolute atomic E-state index is 0.134. The van der Waals surface area contributed by atoms with E-state index in [1.165, 1.54) is 0 Å². The van der Waals surface area contributed by atoms with Gasteiger partial charge in [0.2, 0.25) is 5.95 Å². The Bertz CT molecular complexity index is 1060. The van der Waals surface area contributed by atoms with Crippen LogP contribution in [0.2, 0.25) is 5.02 Å². The van der Waals surface area contributed by atoms with Gasteiger partial charge in [-0.3, -0.25) is 5.10 Å². The molecule has 0 aliphatic rings. The predicted octanol–water partition coefficient (Wildman–Crippen LogP) is 4.02. The van der Waals surface area contributed by atoms with Gasteiger partial charge in [-0.2, -0.15) is 4.98 Å². The highest BCUT2D eigenvalue weighted by molar-refractivity contribution is 6.31. The summed E-state index contributed by atoms with van der Waals surface area (Å²) >= 11 is 5.90. The number of halogens is 4. The molecule has 2 aromatic carbocycles. The van der Waals surface area contributed by atoms with Crippen LogP contribution in [0.25, 0.3) is 16.8 Å². The first kappa shape index (κ1) is 13.9. The van der Waals surface area contributed by atoms with Gasteiger partial charge >= 0.3 is 0 Å². The molecule has 0 radical (unpaired) electrons. The lowest BCUT2D eigenvalue weighted by Gasteiger charge is -2.05. The molecule has 0 bridgehead atoms. The second-order valence-corrected chi connectivity index (χ2v) is 5.24. The molecule has 0 saturated carbocycles. The van der Waals surface area contributed by atoms with Gasteiger partial charge in [-0.25, -0.2) is 22.7 Å². The minimum Gasteiger partial charge on any atom is -0.322 e. The lowest BCUT2D eigenvalue weighted by Crippen LogP contribution is -2.00. The van der Waals surface area contributed by atoms with Crippen LogP contribution < -0.4 is 5.32 Å². The van der Waals surface area contributed by atoms with Crippen LogP contribution >= 0.6 is 11.6 Å². The number of nitrogens with zero attached hydrogens (tertiary/aromatic N) is 3. The summed E-state index contributed by atoms with van der Waals surface area (Å²) in [5.74, 6) is -3.67. The number of nitrogens with one attached hydrogen (secondary N) is 2. The van der Waals surface area contributed by atoms with Gasteiger partial charge in [-0.15, -0.1) is 0 Å². The predicted molar refractivity (Wildman–Crippen MR) is 79.5 cm³/mol. The third-order valence-corrected chi connectivity index (χ3v) is 3.55. The molecule has 2 aromatic heterocycles. The Kier molecular flexibility index (Phi) is 2.95. The standard InChI is InChI=1S/C14H7ClF3N5/c15-6-1-4-10-9(5-6)20-14-21-13(22-23(10)14)19-8-3-2-7(16)11(17)12(8)18/h1-5H,(H2,19,20,21,22). The summed E-state index contributed by atoms with van der Waals surface area (Å²) in [6, 6.07) is 7.03. The second-order valence-electron chi connectivity index (χ2n) is 4.80. The van der Waals surface area contributed by atoms with Gasteiger partial charge in [0, 0.05) is 5.02 Å². The number of benzene rings is 2. The van der Waals surface area contributed by atoms with E-state index in [9.17, 15) is 13.2 Å². The molecule has 2 N–H and O–H groups in total. The van der Waals surface area contributed by atoms with Crippen molar-refractivity contribution < 1.29 is 13.2 Å². The van der Waals surface area contributed by atoms with E-state index in [4.69, 9.17) is 11.6 Å². The second kappa shape index (κ2) is 4.88. The average Bonchev–Trinajstić information content (AvgIpc) is 3.04. The van der Waals surface area contributed by atoms with Gasteiger partial charge < -0.3 is 5.32 Å². The zero-order chi connectivity index (χ0) is 16.1. The number of fused-ring (bicyclic) bond motifs is 3. The summed E-state index contributed by atoms with van der Waals surface area (Å²) in [4.78, 5) is 8.39. The van der Waals surface area contributed by atoms with E-state index >= 15 is 0 Å². The maximum absolute atomic E-state index is 13.7. The molecule has 0 fully saturated rings. The highest BCUT2D eigenvalue weighted by Crippen LogP contribution is 2.24. The van der Waals surface area contributed by atoms with Gasteiger partial charge in [0.05, 0.1) is 16.7 Å². The van der Waals surface area contributed by atoms with Gasteiger partial charge in [-0.1, -0.05) is 11.6 Å². The van der Waals surface area contributed by atoms with Gasteiger partial charge in [0.25, 0.3) is 5.78 Å². The molecule has 0 spiro atoms. The number of aromatic nitrogens is 4. The van der Waals surface area contributed by atoms with Crippen molar-refractivity contribution in [2.24, 2.45) is 0 Å². The van der Waals surface area contributed by atoms with Crippen LogP contribution in [-0.2, 0) is 0 Å². The molecule has 23 heavy (non-hydrogen) atoms. The van der Waals surface area contributed by atoms with Crippen molar-refractivity contribution in [2.45, 2.75) is 0 Å². The topological polar surface area (TPSA) is 58.0 Å². The van der Waals surface area contributed by atoms with E-state index in [1.807, 2.05) is 0 Å². The third kappa shape index (κ3) is 2.18. The Morgan fingerprint density at radius 1 is 1.04 bits per heavy atom. The zero-order valence-electron chi connectivity index (χ0n) is 11.2. The van der Waals surface area contributed by atoms with Crippen LogP contribution in [0.1, 0.15) is 0 Å². The third-order valence-electron chi connectivity index (χ3n) is 3.32. The lowest BCUT2D eigenvalue weighted by atomic mass is 10.3. The monoisotopic (exact) mass is 337 g/mol. The normalized spacial score (nSPS) is 11.5. The fraction of sp³-hybridized carbons (Fsp3) is 0. The first-order chi connectivity index (χ1) is 11.0. The molecule has 0 unspecified atom stereocenters. The Morgan fingerprint density at radius 3 is 2.70 bits per heavy atom. The van der Waals surface area contributed by atoms with Crippen molar-refractivity contribution >= 4 is 40.0 Å². The summed E-state index contributed by atoms with van der Waals surface area (Å²) in [7, 11) is 0. The first-order valence-corrected chi connectivity index (χ1v) is 6.85. The van der Waals surface area contributed by atoms with Crippen molar-refractivity contribution in [2.75, 3.05) is 5.32 Å². The summed E-state index contributed by atoms with van der Waals surface area (Å²) in [5.41, 5.74) is 1.12. The minimum atomic E-state index is -1.55. The molecule has 0 atom stereocenters. The number of hydrogen-bond donors (Lipinski definition) is 2. The van der Waals surface area contributed by atoms with Crippen molar-refractivity contribution in [3.63, 3.8) is 0 Å². The maximum Gasteiger partial charge on any atom is 0.253 e. The number of H-pyrrole nitrogens is 1. The zero-order valence-corrected chi connectivity index (χ0v) is 12.0. The van der Waals surface area contributed by atoms with Crippen molar-refractivity contribution in [3.8, 4) is 0 Å². The summed E-state index contributed by atoms with van der Waals surface area (Å²) < 4.78 is 41.4. The Morgan fingerprint density at radius 2 is 1.87 bits per heavy atom. The van der Waals surface area contributed by atoms with Gasteiger partial charge in [0.1, 0.15) is 0 Å². The largest absolute Gasteiger partial charge is 0.322 e. The van der Waals surface area contributed by atoms with Crippen LogP contribution in [0.3, 0.4) is 0 Å². The quantitative estimate of drug-likeness (QED) is 0.543. The van der Waals surface area contributed by atoms with Crippen molar-refractivity contribution in [3.05, 3.63) is 52.8 Å². The number of anilines is 2. The summed E-state index contributed by atoms with van der Waals surface area (Å²) in [6.07, 6.45) is 0. The van der Waals surface area contributed by atoms with Crippen molar-refractivity contribution in [1.82, 2.24) is 19.6 Å². The van der Waals surface area contributed by atoms with Crippen LogP contribution in [0.4, 0.5) is 24.8 Å². The van der Waals surface area contributed by atoms with E-state index in [2.05, 4.69) is 20.4 Å². The molecule has 2 heterocycles. The lowest BCUT2D eigenvalue weighted by molar-refractivity contribution is 0.449. The summed E-state index contributed by atoms with van der Waals surface area (Å²) in [6.45, 7) is 0. The van der Waals surface area contributed by atoms with E-state index < -0.39 is 17.5 Å². The van der Waals surface area contributed by atoms with E-state index in [0.29, 0.717) is 16.3 Å². The fourth-order valence-electron chi connectivity index (χ4n) is 2.26. The molecule has 116 valence electrons. The van der Waals surface area contributed by atoms with E-state index in [-0.39, 0.29) is 11.6 Å². The fourth-order valence-corrected chi connectivity index (χ4v) is 2.43. The smallest absolute Gasteiger partial charge is 0.253 e. The molecular weight excluding hydrogens is 331 g/mol. The number of imidazole rings is 1. The number of aromatic amines is 1. The highest BCUT2D eigenvalue weighted by Gasteiger charge is 2.15. The molecule has 0 aliphatic carbocycles. The molecule has 0 aliphatic heterocycles. The molecule has 5 nitrogen and oxygen atoms in total. The Labute approximate surface area is 131 Å². The average molecular weight is 338 g/mol. The van der Waals surface area contributed by atoms with E-state index in [1.54, 1.807) is 22.7 Å². The molecule has 4 aromatic rings. The number of rotatable bonds is 2. The number of hydrogen-bond acceptors (Lipinski definition) is 3. The Hall–Kier alpha value is -2.74. The molecule has 0 saturated heterocycles. The van der Waals surface area contributed by atoms with Gasteiger partial charge in [0.15, 0.2) is 17.5 Å². The van der Waals surface area contributed by atoms with Crippen LogP contribution in [-0.4, -0.2) is 19.6 Å². The van der Waals surface area contributed by atoms with Crippen LogP contribution in [0.15, 0.2) is 30.3 Å². The summed E-state index contributed by atoms with van der Waals surface area (Å²) in [5, 5.41) is 5.95. The molecule has 0 amide bonds. The van der Waals surface area contributed by atoms with Gasteiger partial charge in [-0.05, 0) is 30.3 Å². The SMILES string of the molecule is Fc1ccc(Nc2nc3nc4cc(Cl)ccc4n3[nH]2)c(F)c1F.